The van der Waals surface area contributed by atoms with Crippen molar-refractivity contribution in [3.63, 3.8) is 0 Å². The van der Waals surface area contributed by atoms with Gasteiger partial charge in [-0.15, -0.1) is 0 Å². The molecule has 2 N–H and O–H groups in total. The van der Waals surface area contributed by atoms with E-state index >= 15 is 0 Å². The number of nitrogens with two attached hydrogens (primary N) is 1. The monoisotopic (exact) mass is 229 g/mol. The molecule has 1 atom stereocenters. The molecule has 17 heavy (non-hydrogen) atoms. The number of hydrogen-bond donors (Lipinski definition) is 1. The fourth-order valence-corrected chi connectivity index (χ4v) is 3.94. The van der Waals surface area contributed by atoms with Gasteiger partial charge in [-0.2, -0.15) is 0 Å². The predicted octanol–water partition coefficient (Wildman–Crippen LogP) is 3.76. The largest absolute Gasteiger partial charge is 0.321 e. The first kappa shape index (κ1) is 11.3. The molecular weight excluding hydrogens is 206 g/mol. The Hall–Kier alpha value is -0.820. The van der Waals surface area contributed by atoms with Crippen molar-refractivity contribution in [2.24, 2.45) is 11.7 Å². The summed E-state index contributed by atoms with van der Waals surface area (Å²) in [4.78, 5) is 0. The van der Waals surface area contributed by atoms with E-state index < -0.39 is 0 Å². The van der Waals surface area contributed by atoms with Crippen molar-refractivity contribution in [1.29, 1.82) is 0 Å². The summed E-state index contributed by atoms with van der Waals surface area (Å²) in [6, 6.07) is 8.88. The van der Waals surface area contributed by atoms with Crippen LogP contribution >= 0.6 is 0 Å². The molecule has 0 aliphatic heterocycles. The zero-order valence-electron chi connectivity index (χ0n) is 10.6. The summed E-state index contributed by atoms with van der Waals surface area (Å²) in [6.45, 7) is 0. The molecule has 0 heterocycles. The number of rotatable bonds is 1. The molecular formula is C16H23N. The average Bonchev–Trinajstić information content (AvgIpc) is 2.40. The highest BCUT2D eigenvalue weighted by Gasteiger charge is 2.39. The summed E-state index contributed by atoms with van der Waals surface area (Å²) < 4.78 is 0. The van der Waals surface area contributed by atoms with Gasteiger partial charge in [0.25, 0.3) is 0 Å². The van der Waals surface area contributed by atoms with Gasteiger partial charge in [0, 0.05) is 5.54 Å². The van der Waals surface area contributed by atoms with Gasteiger partial charge in [-0.3, -0.25) is 0 Å². The summed E-state index contributed by atoms with van der Waals surface area (Å²) in [5.41, 5.74) is 9.79. The molecule has 0 spiro atoms. The Balaban J connectivity index is 1.96. The summed E-state index contributed by atoms with van der Waals surface area (Å²) >= 11 is 0. The molecule has 1 nitrogen and oxygen atoms in total. The van der Waals surface area contributed by atoms with Gasteiger partial charge < -0.3 is 5.73 Å². The van der Waals surface area contributed by atoms with Crippen molar-refractivity contribution in [2.45, 2.75) is 56.9 Å². The molecule has 1 aromatic rings. The minimum absolute atomic E-state index is 0.0186. The van der Waals surface area contributed by atoms with Crippen LogP contribution in [-0.2, 0) is 12.0 Å². The van der Waals surface area contributed by atoms with Crippen molar-refractivity contribution in [3.8, 4) is 0 Å². The Morgan fingerprint density at radius 2 is 1.76 bits per heavy atom. The number of hydrogen-bond acceptors (Lipinski definition) is 1. The van der Waals surface area contributed by atoms with E-state index in [1.165, 1.54) is 62.5 Å². The number of benzene rings is 1. The van der Waals surface area contributed by atoms with E-state index in [4.69, 9.17) is 5.73 Å². The average molecular weight is 229 g/mol. The molecule has 1 unspecified atom stereocenters. The Kier molecular flexibility index (Phi) is 2.96. The first-order chi connectivity index (χ1) is 8.31. The van der Waals surface area contributed by atoms with Crippen molar-refractivity contribution in [3.05, 3.63) is 35.4 Å². The molecule has 0 aromatic heterocycles. The Labute approximate surface area is 104 Å². The molecule has 1 saturated carbocycles. The normalized spacial score (nSPS) is 29.9. The van der Waals surface area contributed by atoms with E-state index in [9.17, 15) is 0 Å². The molecule has 1 fully saturated rings. The van der Waals surface area contributed by atoms with Gasteiger partial charge in [0.05, 0.1) is 0 Å². The van der Waals surface area contributed by atoms with E-state index in [1.54, 1.807) is 0 Å². The molecule has 3 rings (SSSR count). The van der Waals surface area contributed by atoms with Gasteiger partial charge in [0.1, 0.15) is 0 Å². The first-order valence-electron chi connectivity index (χ1n) is 7.18. The lowest BCUT2D eigenvalue weighted by molar-refractivity contribution is 0.182. The van der Waals surface area contributed by atoms with Crippen LogP contribution < -0.4 is 5.73 Å². The van der Waals surface area contributed by atoms with E-state index in [-0.39, 0.29) is 5.54 Å². The smallest absolute Gasteiger partial charge is 0.0441 e. The van der Waals surface area contributed by atoms with Crippen LogP contribution in [0.3, 0.4) is 0 Å². The van der Waals surface area contributed by atoms with E-state index in [0.717, 1.165) is 5.92 Å². The van der Waals surface area contributed by atoms with Crippen molar-refractivity contribution in [1.82, 2.24) is 0 Å². The Morgan fingerprint density at radius 1 is 1.00 bits per heavy atom. The molecule has 0 amide bonds. The first-order valence-corrected chi connectivity index (χ1v) is 7.18. The number of fused-ring (bicyclic) bond motifs is 1. The standard InChI is InChI=1S/C16H23N/c17-16(14-9-2-1-3-10-14)12-6-8-13-7-4-5-11-15(13)16/h4-5,7,11,14H,1-3,6,8-10,12,17H2. The SMILES string of the molecule is NC1(C2CCCCC2)CCCc2ccccc21. The van der Waals surface area contributed by atoms with E-state index in [1.807, 2.05) is 0 Å². The molecule has 92 valence electrons. The van der Waals surface area contributed by atoms with Crippen molar-refractivity contribution >= 4 is 0 Å². The fraction of sp³-hybridized carbons (Fsp3) is 0.625. The highest BCUT2D eigenvalue weighted by molar-refractivity contribution is 5.36. The zero-order valence-corrected chi connectivity index (χ0v) is 10.6. The van der Waals surface area contributed by atoms with Gasteiger partial charge in [-0.25, -0.2) is 0 Å². The van der Waals surface area contributed by atoms with Crippen LogP contribution in [0.2, 0.25) is 0 Å². The second kappa shape index (κ2) is 4.45. The maximum Gasteiger partial charge on any atom is 0.0441 e. The van der Waals surface area contributed by atoms with Gasteiger partial charge in [-0.1, -0.05) is 43.5 Å². The minimum atomic E-state index is -0.0186. The summed E-state index contributed by atoms with van der Waals surface area (Å²) in [5, 5.41) is 0. The third-order valence-electron chi connectivity index (χ3n) is 4.89. The lowest BCUT2D eigenvalue weighted by atomic mass is 9.65. The second-order valence-corrected chi connectivity index (χ2v) is 5.89. The molecule has 0 radical (unpaired) electrons. The van der Waals surface area contributed by atoms with E-state index in [2.05, 4.69) is 24.3 Å². The van der Waals surface area contributed by atoms with Crippen LogP contribution in [0.1, 0.15) is 56.1 Å². The number of aryl methyl sites for hydroxylation is 1. The predicted molar refractivity (Wildman–Crippen MR) is 71.8 cm³/mol. The summed E-state index contributed by atoms with van der Waals surface area (Å²) in [6.07, 6.45) is 10.5. The van der Waals surface area contributed by atoms with Gasteiger partial charge in [0.15, 0.2) is 0 Å². The molecule has 1 aromatic carbocycles. The molecule has 0 bridgehead atoms. The van der Waals surface area contributed by atoms with Crippen LogP contribution in [0.5, 0.6) is 0 Å². The molecule has 1 heteroatoms. The summed E-state index contributed by atoms with van der Waals surface area (Å²) in [7, 11) is 0. The third kappa shape index (κ3) is 1.91. The quantitative estimate of drug-likeness (QED) is 0.779. The highest BCUT2D eigenvalue weighted by Crippen LogP contribution is 2.44. The topological polar surface area (TPSA) is 26.0 Å². The van der Waals surface area contributed by atoms with E-state index in [0.29, 0.717) is 0 Å². The van der Waals surface area contributed by atoms with Crippen LogP contribution in [-0.4, -0.2) is 0 Å². The van der Waals surface area contributed by atoms with Gasteiger partial charge >= 0.3 is 0 Å². The zero-order chi connectivity index (χ0) is 11.7. The Morgan fingerprint density at radius 3 is 2.59 bits per heavy atom. The highest BCUT2D eigenvalue weighted by atomic mass is 14.8. The molecule has 0 saturated heterocycles. The van der Waals surface area contributed by atoms with Gasteiger partial charge in [-0.05, 0) is 49.1 Å². The van der Waals surface area contributed by atoms with Crippen LogP contribution in [0.15, 0.2) is 24.3 Å². The summed E-state index contributed by atoms with van der Waals surface area (Å²) in [5.74, 6) is 0.720. The Bertz CT molecular complexity index is 392. The van der Waals surface area contributed by atoms with Crippen molar-refractivity contribution in [2.75, 3.05) is 0 Å². The third-order valence-corrected chi connectivity index (χ3v) is 4.89. The van der Waals surface area contributed by atoms with Gasteiger partial charge in [0.2, 0.25) is 0 Å². The maximum absolute atomic E-state index is 6.85. The van der Waals surface area contributed by atoms with Crippen LogP contribution in [0.25, 0.3) is 0 Å². The maximum atomic E-state index is 6.85. The lowest BCUT2D eigenvalue weighted by Crippen LogP contribution is -2.47. The molecule has 2 aliphatic rings. The minimum Gasteiger partial charge on any atom is -0.321 e. The fourth-order valence-electron chi connectivity index (χ4n) is 3.94. The lowest BCUT2D eigenvalue weighted by Gasteiger charge is -2.44. The second-order valence-electron chi connectivity index (χ2n) is 5.89. The van der Waals surface area contributed by atoms with Crippen LogP contribution in [0, 0.1) is 5.92 Å². The van der Waals surface area contributed by atoms with Crippen molar-refractivity contribution < 1.29 is 0 Å². The molecule has 2 aliphatic carbocycles. The van der Waals surface area contributed by atoms with Crippen LogP contribution in [0.4, 0.5) is 0 Å².